The number of nitrogens with one attached hydrogen (secondary N) is 1. The molecule has 2 heterocycles. The third-order valence-corrected chi connectivity index (χ3v) is 4.79. The molecule has 0 aliphatic carbocycles. The minimum atomic E-state index is -0.386. The van der Waals surface area contributed by atoms with Crippen LogP contribution in [0.2, 0.25) is 0 Å². The predicted octanol–water partition coefficient (Wildman–Crippen LogP) is 2.78. The summed E-state index contributed by atoms with van der Waals surface area (Å²) in [5, 5.41) is 11.7. The lowest BCUT2D eigenvalue weighted by Crippen LogP contribution is -2.14. The number of thioether (sulfide) groups is 1. The number of rotatable bonds is 7. The molecule has 1 amide bonds. The average molecular weight is 397 g/mol. The van der Waals surface area contributed by atoms with E-state index in [1.165, 1.54) is 11.8 Å². The first-order valence-electron chi connectivity index (χ1n) is 8.58. The van der Waals surface area contributed by atoms with E-state index in [4.69, 9.17) is 4.74 Å². The van der Waals surface area contributed by atoms with Crippen molar-refractivity contribution in [3.05, 3.63) is 54.4 Å². The Bertz CT molecular complexity index is 957. The van der Waals surface area contributed by atoms with Crippen LogP contribution in [-0.2, 0) is 16.6 Å². The van der Waals surface area contributed by atoms with Gasteiger partial charge in [-0.3, -0.25) is 9.78 Å². The van der Waals surface area contributed by atoms with Gasteiger partial charge in [0.2, 0.25) is 5.91 Å². The lowest BCUT2D eigenvalue weighted by molar-refractivity contribution is -0.113. The third kappa shape index (κ3) is 4.74. The zero-order valence-electron chi connectivity index (χ0n) is 15.5. The van der Waals surface area contributed by atoms with Gasteiger partial charge < -0.3 is 14.6 Å². The highest BCUT2D eigenvalue weighted by Gasteiger charge is 2.13. The van der Waals surface area contributed by atoms with Crippen LogP contribution in [0.25, 0.3) is 11.4 Å². The van der Waals surface area contributed by atoms with Crippen molar-refractivity contribution < 1.29 is 14.3 Å². The van der Waals surface area contributed by atoms with Crippen molar-refractivity contribution in [2.24, 2.45) is 7.05 Å². The minimum absolute atomic E-state index is 0.179. The molecule has 0 aliphatic heterocycles. The van der Waals surface area contributed by atoms with Gasteiger partial charge in [0.1, 0.15) is 0 Å². The Morgan fingerprint density at radius 2 is 1.96 bits per heavy atom. The average Bonchev–Trinajstić information content (AvgIpc) is 3.08. The summed E-state index contributed by atoms with van der Waals surface area (Å²) in [6.07, 6.45) is 3.41. The Morgan fingerprint density at radius 1 is 1.18 bits per heavy atom. The molecule has 144 valence electrons. The number of carbonyl (C=O) groups is 2. The first-order chi connectivity index (χ1) is 13.6. The summed E-state index contributed by atoms with van der Waals surface area (Å²) < 4.78 is 6.76. The van der Waals surface area contributed by atoms with Crippen LogP contribution in [0.4, 0.5) is 5.69 Å². The van der Waals surface area contributed by atoms with Gasteiger partial charge in [0.15, 0.2) is 11.0 Å². The van der Waals surface area contributed by atoms with E-state index in [2.05, 4.69) is 20.5 Å². The van der Waals surface area contributed by atoms with Crippen LogP contribution in [-0.4, -0.2) is 44.0 Å². The summed E-state index contributed by atoms with van der Waals surface area (Å²) in [4.78, 5) is 27.9. The molecular weight excluding hydrogens is 378 g/mol. The molecule has 1 aromatic carbocycles. The molecule has 0 spiro atoms. The Balaban J connectivity index is 1.56. The highest BCUT2D eigenvalue weighted by atomic mass is 32.2. The summed E-state index contributed by atoms with van der Waals surface area (Å²) in [6.45, 7) is 2.07. The maximum absolute atomic E-state index is 12.2. The molecule has 0 bridgehead atoms. The SMILES string of the molecule is CCOC(=O)c1ccc(NC(=O)CSc2nnc(-c3cccnc3)n2C)cc1. The molecule has 0 atom stereocenters. The van der Waals surface area contributed by atoms with Crippen LogP contribution in [0.1, 0.15) is 17.3 Å². The van der Waals surface area contributed by atoms with Gasteiger partial charge in [-0.25, -0.2) is 4.79 Å². The van der Waals surface area contributed by atoms with Crippen LogP contribution in [0.3, 0.4) is 0 Å². The quantitative estimate of drug-likeness (QED) is 0.483. The van der Waals surface area contributed by atoms with Gasteiger partial charge in [-0.2, -0.15) is 0 Å². The van der Waals surface area contributed by atoms with Gasteiger partial charge in [0.25, 0.3) is 0 Å². The number of hydrogen-bond acceptors (Lipinski definition) is 7. The second kappa shape index (κ2) is 9.14. The zero-order valence-corrected chi connectivity index (χ0v) is 16.3. The molecule has 3 aromatic rings. The predicted molar refractivity (Wildman–Crippen MR) is 106 cm³/mol. The van der Waals surface area contributed by atoms with E-state index < -0.39 is 0 Å². The number of nitrogens with zero attached hydrogens (tertiary/aromatic N) is 4. The Hall–Kier alpha value is -3.20. The number of anilines is 1. The first-order valence-corrected chi connectivity index (χ1v) is 9.56. The van der Waals surface area contributed by atoms with E-state index in [0.717, 1.165) is 5.56 Å². The molecule has 0 unspecified atom stereocenters. The lowest BCUT2D eigenvalue weighted by atomic mass is 10.2. The maximum atomic E-state index is 12.2. The van der Waals surface area contributed by atoms with Crippen molar-refractivity contribution in [1.82, 2.24) is 19.7 Å². The molecule has 28 heavy (non-hydrogen) atoms. The number of hydrogen-bond donors (Lipinski definition) is 1. The van der Waals surface area contributed by atoms with E-state index in [1.807, 2.05) is 23.7 Å². The summed E-state index contributed by atoms with van der Waals surface area (Å²) in [5.74, 6) is 0.298. The van der Waals surface area contributed by atoms with E-state index in [1.54, 1.807) is 43.6 Å². The first kappa shape index (κ1) is 19.6. The topological polar surface area (TPSA) is 99.0 Å². The fourth-order valence-electron chi connectivity index (χ4n) is 2.42. The van der Waals surface area contributed by atoms with Gasteiger partial charge in [0.05, 0.1) is 17.9 Å². The second-order valence-electron chi connectivity index (χ2n) is 5.74. The summed E-state index contributed by atoms with van der Waals surface area (Å²) in [6, 6.07) is 10.3. The molecule has 3 rings (SSSR count). The molecule has 1 N–H and O–H groups in total. The standard InChI is InChI=1S/C19H19N5O3S/c1-3-27-18(26)13-6-8-15(9-7-13)21-16(25)12-28-19-23-22-17(24(19)2)14-5-4-10-20-11-14/h4-11H,3,12H2,1-2H3,(H,21,25). The van der Waals surface area contributed by atoms with E-state index >= 15 is 0 Å². The molecule has 9 heteroatoms. The van der Waals surface area contributed by atoms with Crippen molar-refractivity contribution >= 4 is 29.3 Å². The molecule has 0 saturated carbocycles. The van der Waals surface area contributed by atoms with Gasteiger partial charge in [0, 0.05) is 30.7 Å². The number of benzene rings is 1. The summed E-state index contributed by atoms with van der Waals surface area (Å²) in [7, 11) is 1.84. The third-order valence-electron chi connectivity index (χ3n) is 3.77. The molecule has 2 aromatic heterocycles. The smallest absolute Gasteiger partial charge is 0.338 e. The number of aromatic nitrogens is 4. The zero-order chi connectivity index (χ0) is 19.9. The number of esters is 1. The monoisotopic (exact) mass is 397 g/mol. The molecule has 0 aliphatic rings. The van der Waals surface area contributed by atoms with Gasteiger partial charge in [-0.05, 0) is 43.3 Å². The molecule has 0 fully saturated rings. The maximum Gasteiger partial charge on any atom is 0.338 e. The van der Waals surface area contributed by atoms with Crippen molar-refractivity contribution in [2.75, 3.05) is 17.7 Å². The van der Waals surface area contributed by atoms with Crippen molar-refractivity contribution in [2.45, 2.75) is 12.1 Å². The lowest BCUT2D eigenvalue weighted by Gasteiger charge is -2.07. The van der Waals surface area contributed by atoms with Gasteiger partial charge in [-0.15, -0.1) is 10.2 Å². The Morgan fingerprint density at radius 3 is 2.64 bits per heavy atom. The van der Waals surface area contributed by atoms with Crippen molar-refractivity contribution in [3.63, 3.8) is 0 Å². The fourth-order valence-corrected chi connectivity index (χ4v) is 3.13. The number of pyridine rings is 1. The fraction of sp³-hybridized carbons (Fsp3) is 0.211. The van der Waals surface area contributed by atoms with Crippen LogP contribution < -0.4 is 5.32 Å². The van der Waals surface area contributed by atoms with E-state index in [0.29, 0.717) is 28.8 Å². The molecule has 8 nitrogen and oxygen atoms in total. The van der Waals surface area contributed by atoms with Crippen LogP contribution in [0.15, 0.2) is 53.9 Å². The number of carbonyl (C=O) groups excluding carboxylic acids is 2. The van der Waals surface area contributed by atoms with Crippen LogP contribution in [0.5, 0.6) is 0 Å². The van der Waals surface area contributed by atoms with Crippen LogP contribution >= 0.6 is 11.8 Å². The normalized spacial score (nSPS) is 10.5. The van der Waals surface area contributed by atoms with Crippen molar-refractivity contribution in [3.8, 4) is 11.4 Å². The molecule has 0 saturated heterocycles. The van der Waals surface area contributed by atoms with Crippen LogP contribution in [0, 0.1) is 0 Å². The van der Waals surface area contributed by atoms with E-state index in [-0.39, 0.29) is 17.6 Å². The summed E-state index contributed by atoms with van der Waals surface area (Å²) >= 11 is 1.29. The highest BCUT2D eigenvalue weighted by Crippen LogP contribution is 2.22. The number of ether oxygens (including phenoxy) is 1. The van der Waals surface area contributed by atoms with E-state index in [9.17, 15) is 9.59 Å². The summed E-state index contributed by atoms with van der Waals surface area (Å²) in [5.41, 5.74) is 1.90. The minimum Gasteiger partial charge on any atom is -0.462 e. The largest absolute Gasteiger partial charge is 0.462 e. The second-order valence-corrected chi connectivity index (χ2v) is 6.68. The Labute approximate surface area is 166 Å². The molecule has 0 radical (unpaired) electrons. The van der Waals surface area contributed by atoms with Gasteiger partial charge >= 0.3 is 5.97 Å². The number of amides is 1. The Kier molecular flexibility index (Phi) is 6.38. The van der Waals surface area contributed by atoms with Crippen molar-refractivity contribution in [1.29, 1.82) is 0 Å². The van der Waals surface area contributed by atoms with Gasteiger partial charge in [-0.1, -0.05) is 11.8 Å². The molecular formula is C19H19N5O3S. The highest BCUT2D eigenvalue weighted by molar-refractivity contribution is 7.99.